The third kappa shape index (κ3) is 2.74. The van der Waals surface area contributed by atoms with E-state index in [1.54, 1.807) is 30.6 Å². The van der Waals surface area contributed by atoms with E-state index in [-0.39, 0.29) is 5.75 Å². The van der Waals surface area contributed by atoms with Crippen molar-refractivity contribution in [2.45, 2.75) is 20.3 Å². The van der Waals surface area contributed by atoms with Gasteiger partial charge in [-0.2, -0.15) is 0 Å². The lowest BCUT2D eigenvalue weighted by Gasteiger charge is -2.10. The fraction of sp³-hybridized carbons (Fsp3) is 0.200. The number of nitrogens with zero attached hydrogens (tertiary/aromatic N) is 2. The molecule has 3 nitrogen and oxygen atoms in total. The lowest BCUT2D eigenvalue weighted by atomic mass is 10.0. The summed E-state index contributed by atoms with van der Waals surface area (Å²) in [7, 11) is 0. The molecule has 0 heterocycles. The zero-order chi connectivity index (χ0) is 13.5. The second-order valence-corrected chi connectivity index (χ2v) is 3.61. The molecule has 0 aliphatic heterocycles. The van der Waals surface area contributed by atoms with Crippen molar-refractivity contribution in [1.82, 2.24) is 0 Å². The number of phenolic OH excluding ortho intramolecular Hbond substituents is 1. The second kappa shape index (κ2) is 6.55. The van der Waals surface area contributed by atoms with Gasteiger partial charge in [-0.1, -0.05) is 32.2 Å². The van der Waals surface area contributed by atoms with E-state index in [0.29, 0.717) is 11.3 Å². The van der Waals surface area contributed by atoms with Crippen molar-refractivity contribution in [1.29, 1.82) is 0 Å². The Morgan fingerprint density at radius 2 is 1.94 bits per heavy atom. The molecule has 0 fully saturated rings. The van der Waals surface area contributed by atoms with E-state index in [1.165, 1.54) is 0 Å². The maximum Gasteiger partial charge on any atom is 0.142 e. The van der Waals surface area contributed by atoms with Crippen molar-refractivity contribution >= 4 is 36.0 Å². The largest absolute Gasteiger partial charge is 0.506 e. The van der Waals surface area contributed by atoms with Gasteiger partial charge in [0.1, 0.15) is 11.4 Å². The Morgan fingerprint density at radius 3 is 2.44 bits per heavy atom. The first-order chi connectivity index (χ1) is 8.69. The minimum atomic E-state index is 0.111. The highest BCUT2D eigenvalue weighted by Crippen LogP contribution is 2.41. The Balaban J connectivity index is 3.61. The smallest absolute Gasteiger partial charge is 0.142 e. The minimum Gasteiger partial charge on any atom is -0.506 e. The molecule has 0 bridgehead atoms. The van der Waals surface area contributed by atoms with Crippen molar-refractivity contribution in [2.75, 3.05) is 0 Å². The first kappa shape index (κ1) is 13.9. The van der Waals surface area contributed by atoms with Crippen LogP contribution in [0.15, 0.2) is 29.2 Å². The highest BCUT2D eigenvalue weighted by atomic mass is 16.3. The lowest BCUT2D eigenvalue weighted by molar-refractivity contribution is 0.476. The van der Waals surface area contributed by atoms with Gasteiger partial charge >= 0.3 is 0 Å². The zero-order valence-electron chi connectivity index (χ0n) is 10.8. The molecule has 94 valence electrons. The monoisotopic (exact) mass is 242 g/mol. The molecule has 0 aliphatic rings. The molecule has 0 atom stereocenters. The molecule has 0 amide bonds. The molecular formula is C15H18N2O. The van der Waals surface area contributed by atoms with Gasteiger partial charge in [-0.3, -0.25) is 9.98 Å². The normalized spacial score (nSPS) is 11.2. The number of hydrogen-bond donors (Lipinski definition) is 1. The molecule has 3 heteroatoms. The summed E-state index contributed by atoms with van der Waals surface area (Å²) in [6, 6.07) is 1.62. The van der Waals surface area contributed by atoms with Crippen molar-refractivity contribution in [3.63, 3.8) is 0 Å². The van der Waals surface area contributed by atoms with Gasteiger partial charge in [0.25, 0.3) is 0 Å². The molecule has 1 aromatic rings. The van der Waals surface area contributed by atoms with E-state index < -0.39 is 0 Å². The van der Waals surface area contributed by atoms with E-state index in [0.717, 1.165) is 17.7 Å². The van der Waals surface area contributed by atoms with Gasteiger partial charge in [0, 0.05) is 23.6 Å². The first-order valence-electron chi connectivity index (χ1n) is 5.85. The number of phenols is 1. The molecule has 0 spiro atoms. The van der Waals surface area contributed by atoms with Crippen molar-refractivity contribution in [3.05, 3.63) is 30.4 Å². The number of aliphatic imine (C=N–C) groups is 2. The van der Waals surface area contributed by atoms with Crippen LogP contribution in [0.25, 0.3) is 12.2 Å². The Morgan fingerprint density at radius 1 is 1.22 bits per heavy atom. The zero-order valence-corrected chi connectivity index (χ0v) is 10.8. The molecule has 18 heavy (non-hydrogen) atoms. The number of benzene rings is 1. The molecule has 0 saturated carbocycles. The molecule has 0 saturated heterocycles. The summed E-state index contributed by atoms with van der Waals surface area (Å²) in [6.07, 6.45) is 7.54. The summed E-state index contributed by atoms with van der Waals surface area (Å²) in [5, 5.41) is 9.99. The molecule has 1 aromatic carbocycles. The van der Waals surface area contributed by atoms with Gasteiger partial charge in [-0.05, 0) is 19.4 Å². The lowest BCUT2D eigenvalue weighted by Crippen LogP contribution is -1.85. The Labute approximate surface area is 108 Å². The predicted molar refractivity (Wildman–Crippen MR) is 80.6 cm³/mol. The van der Waals surface area contributed by atoms with Crippen molar-refractivity contribution in [2.24, 2.45) is 9.98 Å². The van der Waals surface area contributed by atoms with Crippen LogP contribution in [0.1, 0.15) is 31.4 Å². The van der Waals surface area contributed by atoms with E-state index in [9.17, 15) is 5.11 Å². The Hall–Kier alpha value is -2.16. The molecule has 1 rings (SSSR count). The predicted octanol–water partition coefficient (Wildman–Crippen LogP) is 4.51. The van der Waals surface area contributed by atoms with Crippen LogP contribution < -0.4 is 0 Å². The van der Waals surface area contributed by atoms with Gasteiger partial charge in [-0.15, -0.1) is 0 Å². The Bertz CT molecular complexity index is 514. The molecule has 0 unspecified atom stereocenters. The third-order valence-corrected chi connectivity index (χ3v) is 2.40. The van der Waals surface area contributed by atoms with Crippen molar-refractivity contribution < 1.29 is 5.11 Å². The van der Waals surface area contributed by atoms with Crippen LogP contribution in [0.4, 0.5) is 11.4 Å². The van der Waals surface area contributed by atoms with E-state index in [4.69, 9.17) is 0 Å². The standard InChI is InChI=1S/C15H18N2O/c1-5-9-17-15-12(7-3)14(16-8-4)11(6-2)10-13(15)18/h6-10,18H,2-3,5H2,1,4H3. The summed E-state index contributed by atoms with van der Waals surface area (Å²) in [6.45, 7) is 11.3. The minimum absolute atomic E-state index is 0.111. The average molecular weight is 242 g/mol. The highest BCUT2D eigenvalue weighted by Gasteiger charge is 2.13. The number of rotatable bonds is 5. The summed E-state index contributed by atoms with van der Waals surface area (Å²) in [5.74, 6) is 0.111. The maximum absolute atomic E-state index is 9.99. The van der Waals surface area contributed by atoms with Crippen LogP contribution in [0.3, 0.4) is 0 Å². The second-order valence-electron chi connectivity index (χ2n) is 3.61. The summed E-state index contributed by atoms with van der Waals surface area (Å²) in [5.41, 5.74) is 2.70. The van der Waals surface area contributed by atoms with Gasteiger partial charge in [0.05, 0.1) is 5.69 Å². The topological polar surface area (TPSA) is 45.0 Å². The van der Waals surface area contributed by atoms with E-state index in [1.807, 2.05) is 13.8 Å². The van der Waals surface area contributed by atoms with Crippen LogP contribution in [0.2, 0.25) is 0 Å². The van der Waals surface area contributed by atoms with Crippen LogP contribution >= 0.6 is 0 Å². The Kier molecular flexibility index (Phi) is 5.06. The summed E-state index contributed by atoms with van der Waals surface area (Å²) >= 11 is 0. The molecule has 0 aromatic heterocycles. The summed E-state index contributed by atoms with van der Waals surface area (Å²) in [4.78, 5) is 8.56. The molecule has 0 radical (unpaired) electrons. The first-order valence-corrected chi connectivity index (χ1v) is 5.85. The van der Waals surface area contributed by atoms with E-state index >= 15 is 0 Å². The third-order valence-electron chi connectivity index (χ3n) is 2.40. The van der Waals surface area contributed by atoms with Gasteiger partial charge < -0.3 is 5.11 Å². The van der Waals surface area contributed by atoms with Crippen LogP contribution in [-0.4, -0.2) is 17.5 Å². The van der Waals surface area contributed by atoms with Crippen LogP contribution in [0.5, 0.6) is 5.75 Å². The fourth-order valence-electron chi connectivity index (χ4n) is 1.63. The molecule has 1 N–H and O–H groups in total. The van der Waals surface area contributed by atoms with Crippen LogP contribution in [-0.2, 0) is 0 Å². The summed E-state index contributed by atoms with van der Waals surface area (Å²) < 4.78 is 0. The quantitative estimate of drug-likeness (QED) is 0.758. The van der Waals surface area contributed by atoms with Gasteiger partial charge in [0.15, 0.2) is 0 Å². The van der Waals surface area contributed by atoms with Crippen molar-refractivity contribution in [3.8, 4) is 5.75 Å². The van der Waals surface area contributed by atoms with Crippen LogP contribution in [0, 0.1) is 0 Å². The van der Waals surface area contributed by atoms with Gasteiger partial charge in [0.2, 0.25) is 0 Å². The SMILES string of the molecule is C=Cc1cc(O)c(N=CCC)c(C=C)c1N=CC. The fourth-order valence-corrected chi connectivity index (χ4v) is 1.63. The highest BCUT2D eigenvalue weighted by molar-refractivity contribution is 5.87. The number of aromatic hydroxyl groups is 1. The average Bonchev–Trinajstić information content (AvgIpc) is 2.38. The molecular weight excluding hydrogens is 224 g/mol. The molecule has 0 aliphatic carbocycles. The maximum atomic E-state index is 9.99. The van der Waals surface area contributed by atoms with Gasteiger partial charge in [-0.25, -0.2) is 0 Å². The van der Waals surface area contributed by atoms with E-state index in [2.05, 4.69) is 23.1 Å². The number of hydrogen-bond acceptors (Lipinski definition) is 3.